The van der Waals surface area contributed by atoms with E-state index in [1.165, 1.54) is 12.8 Å². The molecule has 2 rings (SSSR count). The van der Waals surface area contributed by atoms with Gasteiger partial charge in [-0.05, 0) is 37.0 Å². The van der Waals surface area contributed by atoms with E-state index in [-0.39, 0.29) is 12.2 Å². The van der Waals surface area contributed by atoms with Gasteiger partial charge in [-0.25, -0.2) is 0 Å². The molecule has 2 atom stereocenters. The van der Waals surface area contributed by atoms with Crippen LogP contribution in [0.5, 0.6) is 0 Å². The normalized spacial score (nSPS) is 20.7. The minimum atomic E-state index is 0.0372. The summed E-state index contributed by atoms with van der Waals surface area (Å²) in [5.41, 5.74) is 1.16. The van der Waals surface area contributed by atoms with Crippen LogP contribution >= 0.6 is 11.6 Å². The fourth-order valence-electron chi connectivity index (χ4n) is 2.46. The summed E-state index contributed by atoms with van der Waals surface area (Å²) in [7, 11) is 0. The second-order valence-corrected chi connectivity index (χ2v) is 6.36. The zero-order valence-corrected chi connectivity index (χ0v) is 13.7. The molecular weight excluding hydrogens is 286 g/mol. The van der Waals surface area contributed by atoms with Crippen molar-refractivity contribution in [2.45, 2.75) is 51.4 Å². The molecular formula is C17H26ClNO2. The molecule has 0 spiro atoms. The van der Waals surface area contributed by atoms with Crippen molar-refractivity contribution in [1.82, 2.24) is 5.32 Å². The highest BCUT2D eigenvalue weighted by molar-refractivity contribution is 6.30. The number of halogens is 1. The van der Waals surface area contributed by atoms with Gasteiger partial charge in [-0.15, -0.1) is 0 Å². The Kier molecular flexibility index (Phi) is 6.97. The summed E-state index contributed by atoms with van der Waals surface area (Å²) >= 11 is 5.97. The Balaban J connectivity index is 1.92. The van der Waals surface area contributed by atoms with Gasteiger partial charge in [-0.3, -0.25) is 0 Å². The summed E-state index contributed by atoms with van der Waals surface area (Å²) < 4.78 is 11.9. The Morgan fingerprint density at radius 3 is 2.67 bits per heavy atom. The molecule has 2 unspecified atom stereocenters. The van der Waals surface area contributed by atoms with Crippen LogP contribution in [0.1, 0.15) is 44.8 Å². The fourth-order valence-corrected chi connectivity index (χ4v) is 2.58. The lowest BCUT2D eigenvalue weighted by molar-refractivity contribution is -0.0636. The highest BCUT2D eigenvalue weighted by Crippen LogP contribution is 2.21. The fraction of sp³-hybridized carbons (Fsp3) is 0.647. The molecule has 0 bridgehead atoms. The second-order valence-electron chi connectivity index (χ2n) is 5.93. The predicted molar refractivity (Wildman–Crippen MR) is 86.9 cm³/mol. The van der Waals surface area contributed by atoms with Crippen LogP contribution in [0.2, 0.25) is 5.02 Å². The zero-order valence-electron chi connectivity index (χ0n) is 13.0. The smallest absolute Gasteiger partial charge is 0.0950 e. The van der Waals surface area contributed by atoms with Crippen molar-refractivity contribution in [3.63, 3.8) is 0 Å². The Hall–Kier alpha value is -0.610. The highest BCUT2D eigenvalue weighted by atomic mass is 35.5. The molecule has 4 heteroatoms. The van der Waals surface area contributed by atoms with Crippen molar-refractivity contribution in [2.75, 3.05) is 19.8 Å². The Bertz CT molecular complexity index is 402. The van der Waals surface area contributed by atoms with Gasteiger partial charge in [-0.1, -0.05) is 37.6 Å². The van der Waals surface area contributed by atoms with E-state index in [0.717, 1.165) is 30.2 Å². The number of hydrogen-bond acceptors (Lipinski definition) is 3. The SMILES string of the molecule is CC(C)NCC(OCC1CCCCO1)c1ccc(Cl)cc1. The van der Waals surface area contributed by atoms with E-state index in [1.54, 1.807) is 0 Å². The average Bonchev–Trinajstić information content (AvgIpc) is 2.49. The monoisotopic (exact) mass is 311 g/mol. The Morgan fingerprint density at radius 1 is 1.29 bits per heavy atom. The maximum absolute atomic E-state index is 6.13. The molecule has 0 amide bonds. The van der Waals surface area contributed by atoms with Crippen molar-refractivity contribution < 1.29 is 9.47 Å². The van der Waals surface area contributed by atoms with Crippen LogP contribution in [-0.4, -0.2) is 31.9 Å². The zero-order chi connectivity index (χ0) is 15.1. The Morgan fingerprint density at radius 2 is 2.05 bits per heavy atom. The molecule has 0 aromatic heterocycles. The van der Waals surface area contributed by atoms with Gasteiger partial charge in [0.25, 0.3) is 0 Å². The van der Waals surface area contributed by atoms with Gasteiger partial charge < -0.3 is 14.8 Å². The standard InChI is InChI=1S/C17H26ClNO2/c1-13(2)19-11-17(14-6-8-15(18)9-7-14)21-12-16-5-3-4-10-20-16/h6-9,13,16-17,19H,3-5,10-12H2,1-2H3. The van der Waals surface area contributed by atoms with Crippen LogP contribution in [0, 0.1) is 0 Å². The van der Waals surface area contributed by atoms with Gasteiger partial charge in [0.1, 0.15) is 0 Å². The molecule has 1 aliphatic heterocycles. The van der Waals surface area contributed by atoms with Crippen LogP contribution in [0.15, 0.2) is 24.3 Å². The van der Waals surface area contributed by atoms with Crippen LogP contribution in [0.25, 0.3) is 0 Å². The molecule has 1 N–H and O–H groups in total. The molecule has 1 aromatic rings. The van der Waals surface area contributed by atoms with Crippen LogP contribution in [0.3, 0.4) is 0 Å². The van der Waals surface area contributed by atoms with E-state index in [9.17, 15) is 0 Å². The average molecular weight is 312 g/mol. The van der Waals surface area contributed by atoms with E-state index in [4.69, 9.17) is 21.1 Å². The van der Waals surface area contributed by atoms with Gasteiger partial charge >= 0.3 is 0 Å². The molecule has 0 radical (unpaired) electrons. The van der Waals surface area contributed by atoms with Gasteiger partial charge in [0, 0.05) is 24.2 Å². The third kappa shape index (κ3) is 5.95. The van der Waals surface area contributed by atoms with E-state index >= 15 is 0 Å². The maximum atomic E-state index is 6.13. The first-order chi connectivity index (χ1) is 10.1. The third-order valence-electron chi connectivity index (χ3n) is 3.71. The van der Waals surface area contributed by atoms with Gasteiger partial charge in [0.2, 0.25) is 0 Å². The molecule has 3 nitrogen and oxygen atoms in total. The van der Waals surface area contributed by atoms with E-state index in [1.807, 2.05) is 24.3 Å². The number of hydrogen-bond donors (Lipinski definition) is 1. The van der Waals surface area contributed by atoms with Crippen molar-refractivity contribution >= 4 is 11.6 Å². The lowest BCUT2D eigenvalue weighted by Crippen LogP contribution is -2.32. The van der Waals surface area contributed by atoms with Crippen molar-refractivity contribution in [1.29, 1.82) is 0 Å². The number of rotatable bonds is 7. The quantitative estimate of drug-likeness (QED) is 0.826. The van der Waals surface area contributed by atoms with Gasteiger partial charge in [0.05, 0.1) is 18.8 Å². The summed E-state index contributed by atoms with van der Waals surface area (Å²) in [4.78, 5) is 0. The maximum Gasteiger partial charge on any atom is 0.0950 e. The lowest BCUT2D eigenvalue weighted by atomic mass is 10.1. The van der Waals surface area contributed by atoms with Crippen molar-refractivity contribution in [3.05, 3.63) is 34.9 Å². The van der Waals surface area contributed by atoms with Crippen LogP contribution < -0.4 is 5.32 Å². The molecule has 1 saturated heterocycles. The third-order valence-corrected chi connectivity index (χ3v) is 3.96. The predicted octanol–water partition coefficient (Wildman–Crippen LogP) is 3.96. The number of nitrogens with one attached hydrogen (secondary N) is 1. The largest absolute Gasteiger partial charge is 0.376 e. The summed E-state index contributed by atoms with van der Waals surface area (Å²) in [6.45, 7) is 6.61. The first kappa shape index (κ1) is 16.8. The van der Waals surface area contributed by atoms with Crippen molar-refractivity contribution in [3.8, 4) is 0 Å². The molecule has 1 aliphatic rings. The summed E-state index contributed by atoms with van der Waals surface area (Å²) in [6.07, 6.45) is 3.80. The topological polar surface area (TPSA) is 30.5 Å². The number of benzene rings is 1. The van der Waals surface area contributed by atoms with E-state index < -0.39 is 0 Å². The van der Waals surface area contributed by atoms with E-state index in [0.29, 0.717) is 12.6 Å². The highest BCUT2D eigenvalue weighted by Gasteiger charge is 2.18. The first-order valence-electron chi connectivity index (χ1n) is 7.87. The second kappa shape index (κ2) is 8.74. The van der Waals surface area contributed by atoms with Gasteiger partial charge in [0.15, 0.2) is 0 Å². The number of ether oxygens (including phenoxy) is 2. The van der Waals surface area contributed by atoms with E-state index in [2.05, 4.69) is 19.2 Å². The minimum Gasteiger partial charge on any atom is -0.376 e. The van der Waals surface area contributed by atoms with Crippen LogP contribution in [0.4, 0.5) is 0 Å². The first-order valence-corrected chi connectivity index (χ1v) is 8.25. The van der Waals surface area contributed by atoms with Gasteiger partial charge in [-0.2, -0.15) is 0 Å². The Labute approximate surface area is 133 Å². The minimum absolute atomic E-state index is 0.0372. The summed E-state index contributed by atoms with van der Waals surface area (Å²) in [6, 6.07) is 8.35. The summed E-state index contributed by atoms with van der Waals surface area (Å²) in [5.74, 6) is 0. The molecule has 118 valence electrons. The molecule has 1 fully saturated rings. The van der Waals surface area contributed by atoms with Crippen LogP contribution in [-0.2, 0) is 9.47 Å². The van der Waals surface area contributed by atoms with Crippen molar-refractivity contribution in [2.24, 2.45) is 0 Å². The molecule has 1 aromatic carbocycles. The molecule has 1 heterocycles. The molecule has 0 aliphatic carbocycles. The lowest BCUT2D eigenvalue weighted by Gasteiger charge is -2.26. The summed E-state index contributed by atoms with van der Waals surface area (Å²) in [5, 5.41) is 4.20. The molecule has 0 saturated carbocycles. The molecule has 21 heavy (non-hydrogen) atoms.